The molecule has 2 heterocycles. The molecule has 4 heteroatoms. The summed E-state index contributed by atoms with van der Waals surface area (Å²) in [7, 11) is 0. The van der Waals surface area contributed by atoms with E-state index in [1.165, 1.54) is 0 Å². The van der Waals surface area contributed by atoms with E-state index in [1.54, 1.807) is 0 Å². The number of fused-ring (bicyclic) bond motifs is 3. The minimum atomic E-state index is -0.351. The van der Waals surface area contributed by atoms with Crippen LogP contribution in [0.4, 0.5) is 0 Å². The number of benzene rings is 7. The molecule has 0 saturated heterocycles. The van der Waals surface area contributed by atoms with Gasteiger partial charge < -0.3 is 4.42 Å². The highest BCUT2D eigenvalue weighted by Crippen LogP contribution is 2.40. The largest absolute Gasteiger partial charge is 0.455 e. The molecule has 0 fully saturated rings. The van der Waals surface area contributed by atoms with E-state index in [4.69, 9.17) is 22.1 Å². The number of aromatic nitrogens is 3. The van der Waals surface area contributed by atoms with Crippen molar-refractivity contribution in [3.05, 3.63) is 176 Å². The first-order valence-electron chi connectivity index (χ1n) is 18.9. The quantitative estimate of drug-likeness (QED) is 0.183. The zero-order valence-corrected chi connectivity index (χ0v) is 26.0. The molecule has 49 heavy (non-hydrogen) atoms. The lowest BCUT2D eigenvalue weighted by Crippen LogP contribution is -2.00. The van der Waals surface area contributed by atoms with Crippen molar-refractivity contribution in [3.63, 3.8) is 0 Å². The topological polar surface area (TPSA) is 51.8 Å². The molecule has 2 aromatic heterocycles. The van der Waals surface area contributed by atoms with Gasteiger partial charge in [0.15, 0.2) is 17.5 Å². The van der Waals surface area contributed by atoms with Crippen LogP contribution in [0.25, 0.3) is 89.5 Å². The van der Waals surface area contributed by atoms with Gasteiger partial charge in [-0.1, -0.05) is 145 Å². The number of rotatable bonds is 6. The summed E-state index contributed by atoms with van der Waals surface area (Å²) < 4.78 is 61.7. The van der Waals surface area contributed by atoms with Crippen molar-refractivity contribution in [2.45, 2.75) is 0 Å². The van der Waals surface area contributed by atoms with Crippen LogP contribution in [0.15, 0.2) is 180 Å². The fraction of sp³-hybridized carbons (Fsp3) is 0. The Labute approximate surface area is 292 Å². The Morgan fingerprint density at radius 3 is 1.41 bits per heavy atom. The van der Waals surface area contributed by atoms with Crippen LogP contribution >= 0.6 is 0 Å². The molecule has 0 spiro atoms. The zero-order valence-electron chi connectivity index (χ0n) is 32.0. The van der Waals surface area contributed by atoms with E-state index < -0.39 is 0 Å². The standard InChI is InChI=1S/C45H29N3O/c1-5-14-30(15-6-1)35-26-36(31-16-7-2-8-17-31)28-37(27-35)38-22-13-23-40-39-25-24-34(29-41(39)49-42(38)40)45-47-43(32-18-9-3-10-19-32)46-44(48-45)33-20-11-4-12-21-33/h1-29H/i13D,22D,23D,24D,25D,29D. The Bertz CT molecular complexity index is 2810. The van der Waals surface area contributed by atoms with Crippen LogP contribution in [0, 0.1) is 0 Å². The van der Waals surface area contributed by atoms with E-state index >= 15 is 0 Å². The monoisotopic (exact) mass is 633 g/mol. The molecule has 0 saturated carbocycles. The molecule has 9 aromatic rings. The third-order valence-electron chi connectivity index (χ3n) is 8.42. The maximum atomic E-state index is 9.49. The van der Waals surface area contributed by atoms with E-state index in [-0.39, 0.29) is 75.1 Å². The molecule has 230 valence electrons. The molecule has 0 atom stereocenters. The van der Waals surface area contributed by atoms with Crippen LogP contribution in [0.3, 0.4) is 0 Å². The molecule has 0 aliphatic rings. The van der Waals surface area contributed by atoms with Gasteiger partial charge in [-0.25, -0.2) is 15.0 Å². The van der Waals surface area contributed by atoms with Gasteiger partial charge in [-0.05, 0) is 58.1 Å². The summed E-state index contributed by atoms with van der Waals surface area (Å²) >= 11 is 0. The molecule has 0 aliphatic carbocycles. The Hall–Kier alpha value is -6.65. The van der Waals surface area contributed by atoms with E-state index in [2.05, 4.69) is 6.07 Å². The second-order valence-corrected chi connectivity index (χ2v) is 11.6. The lowest BCUT2D eigenvalue weighted by Gasteiger charge is -2.11. The summed E-state index contributed by atoms with van der Waals surface area (Å²) in [4.78, 5) is 14.2. The maximum absolute atomic E-state index is 9.49. The molecule has 0 amide bonds. The Morgan fingerprint density at radius 2 is 0.878 bits per heavy atom. The average molecular weight is 634 g/mol. The second-order valence-electron chi connectivity index (χ2n) is 11.6. The highest BCUT2D eigenvalue weighted by atomic mass is 16.3. The molecule has 0 unspecified atom stereocenters. The van der Waals surface area contributed by atoms with E-state index in [9.17, 15) is 5.48 Å². The van der Waals surface area contributed by atoms with Crippen molar-refractivity contribution in [1.82, 2.24) is 15.0 Å². The molecule has 7 aromatic carbocycles. The minimum Gasteiger partial charge on any atom is -0.455 e. The van der Waals surface area contributed by atoms with E-state index in [1.807, 2.05) is 133 Å². The Balaban J connectivity index is 1.33. The molecular weight excluding hydrogens is 599 g/mol. The van der Waals surface area contributed by atoms with Crippen molar-refractivity contribution in [3.8, 4) is 67.5 Å². The summed E-state index contributed by atoms with van der Waals surface area (Å²) in [5.74, 6) is 0.691. The molecule has 0 radical (unpaired) electrons. The van der Waals surface area contributed by atoms with Crippen LogP contribution < -0.4 is 0 Å². The van der Waals surface area contributed by atoms with Crippen LogP contribution in [0.1, 0.15) is 8.22 Å². The molecule has 0 N–H and O–H groups in total. The lowest BCUT2D eigenvalue weighted by atomic mass is 9.92. The zero-order chi connectivity index (χ0) is 37.8. The molecule has 4 nitrogen and oxygen atoms in total. The summed E-state index contributed by atoms with van der Waals surface area (Å²) in [5.41, 5.74) is 5.89. The first-order valence-corrected chi connectivity index (χ1v) is 15.9. The van der Waals surface area contributed by atoms with Crippen molar-refractivity contribution in [1.29, 1.82) is 0 Å². The second kappa shape index (κ2) is 12.2. The van der Waals surface area contributed by atoms with Gasteiger partial charge >= 0.3 is 0 Å². The van der Waals surface area contributed by atoms with Gasteiger partial charge in [0.25, 0.3) is 0 Å². The summed E-state index contributed by atoms with van der Waals surface area (Å²) in [6.45, 7) is 0. The SMILES string of the molecule is [2H]c1c([2H])c([2H])c2c(oc3c([2H])c(-c4nc(-c5ccccc5)nc(-c5ccccc5)n4)c([2H])c([2H])c32)c1-c1cc(-c2ccccc2)cc(-c2ccccc2)c1. The smallest absolute Gasteiger partial charge is 0.164 e. The highest BCUT2D eigenvalue weighted by Gasteiger charge is 2.17. The third kappa shape index (κ3) is 5.45. The van der Waals surface area contributed by atoms with Crippen molar-refractivity contribution in [2.75, 3.05) is 0 Å². The third-order valence-corrected chi connectivity index (χ3v) is 8.42. The number of nitrogens with zero attached hydrogens (tertiary/aromatic N) is 3. The first-order chi connectivity index (χ1) is 26.8. The summed E-state index contributed by atoms with van der Waals surface area (Å²) in [5, 5.41) is 0.151. The summed E-state index contributed by atoms with van der Waals surface area (Å²) in [6, 6.07) is 42.5. The van der Waals surface area contributed by atoms with Crippen molar-refractivity contribution < 1.29 is 12.6 Å². The lowest BCUT2D eigenvalue weighted by molar-refractivity contribution is 0.670. The number of furan rings is 1. The molecule has 0 bridgehead atoms. The first kappa shape index (κ1) is 22.8. The van der Waals surface area contributed by atoms with Gasteiger partial charge in [0.05, 0.1) is 8.22 Å². The van der Waals surface area contributed by atoms with Gasteiger partial charge in [-0.2, -0.15) is 0 Å². The van der Waals surface area contributed by atoms with Gasteiger partial charge in [-0.15, -0.1) is 0 Å². The van der Waals surface area contributed by atoms with Gasteiger partial charge in [0, 0.05) is 33.0 Å². The van der Waals surface area contributed by atoms with Gasteiger partial charge in [0.1, 0.15) is 11.2 Å². The van der Waals surface area contributed by atoms with Crippen molar-refractivity contribution >= 4 is 21.9 Å². The Morgan fingerprint density at radius 1 is 0.408 bits per heavy atom. The highest BCUT2D eigenvalue weighted by molar-refractivity contribution is 6.10. The predicted octanol–water partition coefficient (Wildman–Crippen LogP) is 11.8. The Kier molecular flexibility index (Phi) is 5.67. The average Bonchev–Trinajstić information content (AvgIpc) is 3.64. The normalized spacial score (nSPS) is 13.0. The van der Waals surface area contributed by atoms with Crippen LogP contribution in [-0.2, 0) is 0 Å². The van der Waals surface area contributed by atoms with Gasteiger partial charge in [-0.3, -0.25) is 0 Å². The van der Waals surface area contributed by atoms with Gasteiger partial charge in [0.2, 0.25) is 0 Å². The van der Waals surface area contributed by atoms with E-state index in [0.717, 1.165) is 22.3 Å². The fourth-order valence-electron chi connectivity index (χ4n) is 6.02. The fourth-order valence-corrected chi connectivity index (χ4v) is 6.02. The number of para-hydroxylation sites is 1. The van der Waals surface area contributed by atoms with E-state index in [0.29, 0.717) is 28.3 Å². The molecular formula is C45H29N3O. The van der Waals surface area contributed by atoms with Crippen LogP contribution in [-0.4, -0.2) is 15.0 Å². The summed E-state index contributed by atoms with van der Waals surface area (Å²) in [6.07, 6.45) is 0. The molecule has 9 rings (SSSR count). The van der Waals surface area contributed by atoms with Crippen LogP contribution in [0.5, 0.6) is 0 Å². The van der Waals surface area contributed by atoms with Crippen molar-refractivity contribution in [2.24, 2.45) is 0 Å². The predicted molar refractivity (Wildman–Crippen MR) is 200 cm³/mol. The maximum Gasteiger partial charge on any atom is 0.164 e. The number of hydrogen-bond acceptors (Lipinski definition) is 4. The van der Waals surface area contributed by atoms with Crippen LogP contribution in [0.2, 0.25) is 0 Å². The minimum absolute atomic E-state index is 0.0234. The number of hydrogen-bond donors (Lipinski definition) is 0. The molecule has 0 aliphatic heterocycles.